The van der Waals surface area contributed by atoms with Crippen LogP contribution in [0.25, 0.3) is 0 Å². The molecule has 5 nitrogen and oxygen atoms in total. The SMILES string of the molecule is NC(=O)c1cc(NC(=O)Cc2ccc(N)cc2)ccc1Cl. The lowest BCUT2D eigenvalue weighted by atomic mass is 10.1. The summed E-state index contributed by atoms with van der Waals surface area (Å²) in [5, 5.41) is 2.94. The van der Waals surface area contributed by atoms with Gasteiger partial charge in [0.25, 0.3) is 0 Å². The predicted octanol–water partition coefficient (Wildman–Crippen LogP) is 2.20. The molecule has 0 fully saturated rings. The molecule has 2 aromatic rings. The second kappa shape index (κ2) is 6.28. The third-order valence-corrected chi connectivity index (χ3v) is 3.19. The summed E-state index contributed by atoms with van der Waals surface area (Å²) in [4.78, 5) is 23.1. The molecule has 0 radical (unpaired) electrons. The van der Waals surface area contributed by atoms with Gasteiger partial charge in [0.2, 0.25) is 11.8 Å². The summed E-state index contributed by atoms with van der Waals surface area (Å²) in [5.74, 6) is -0.854. The topological polar surface area (TPSA) is 98.2 Å². The molecule has 0 saturated heterocycles. The van der Waals surface area contributed by atoms with Crippen molar-refractivity contribution < 1.29 is 9.59 Å². The monoisotopic (exact) mass is 303 g/mol. The highest BCUT2D eigenvalue weighted by Gasteiger charge is 2.09. The van der Waals surface area contributed by atoms with Gasteiger partial charge in [-0.15, -0.1) is 0 Å². The van der Waals surface area contributed by atoms with Crippen molar-refractivity contribution in [1.29, 1.82) is 0 Å². The number of carbonyl (C=O) groups excluding carboxylic acids is 2. The van der Waals surface area contributed by atoms with Gasteiger partial charge in [-0.2, -0.15) is 0 Å². The van der Waals surface area contributed by atoms with Gasteiger partial charge < -0.3 is 16.8 Å². The zero-order chi connectivity index (χ0) is 15.4. The first kappa shape index (κ1) is 14.9. The molecule has 2 aromatic carbocycles. The van der Waals surface area contributed by atoms with Gasteiger partial charge in [0, 0.05) is 11.4 Å². The lowest BCUT2D eigenvalue weighted by Crippen LogP contribution is -2.16. The van der Waals surface area contributed by atoms with Crippen LogP contribution in [0.3, 0.4) is 0 Å². The van der Waals surface area contributed by atoms with E-state index >= 15 is 0 Å². The average molecular weight is 304 g/mol. The minimum absolute atomic E-state index is 0.168. The molecule has 0 atom stereocenters. The highest BCUT2D eigenvalue weighted by Crippen LogP contribution is 2.20. The number of benzene rings is 2. The molecular formula is C15H14ClN3O2. The van der Waals surface area contributed by atoms with E-state index in [0.717, 1.165) is 5.56 Å². The molecule has 0 aliphatic rings. The number of hydrogen-bond donors (Lipinski definition) is 3. The Morgan fingerprint density at radius 2 is 1.76 bits per heavy atom. The maximum absolute atomic E-state index is 11.9. The maximum Gasteiger partial charge on any atom is 0.250 e. The second-order valence-electron chi connectivity index (χ2n) is 4.53. The van der Waals surface area contributed by atoms with Crippen molar-refractivity contribution >= 4 is 34.8 Å². The lowest BCUT2D eigenvalue weighted by molar-refractivity contribution is -0.115. The fourth-order valence-electron chi connectivity index (χ4n) is 1.82. The molecule has 2 rings (SSSR count). The molecule has 0 aliphatic heterocycles. The number of halogens is 1. The standard InChI is InChI=1S/C15H14ClN3O2/c16-13-6-5-11(8-12(13)15(18)21)19-14(20)7-9-1-3-10(17)4-2-9/h1-6,8H,7,17H2,(H2,18,21)(H,19,20). The molecule has 108 valence electrons. The van der Waals surface area contributed by atoms with E-state index in [9.17, 15) is 9.59 Å². The van der Waals surface area contributed by atoms with Gasteiger partial charge in [-0.05, 0) is 35.9 Å². The Morgan fingerprint density at radius 1 is 1.10 bits per heavy atom. The number of anilines is 2. The highest BCUT2D eigenvalue weighted by molar-refractivity contribution is 6.34. The number of hydrogen-bond acceptors (Lipinski definition) is 3. The van der Waals surface area contributed by atoms with Crippen molar-refractivity contribution in [2.45, 2.75) is 6.42 Å². The number of nitrogens with one attached hydrogen (secondary N) is 1. The Balaban J connectivity index is 2.07. The van der Waals surface area contributed by atoms with E-state index < -0.39 is 5.91 Å². The molecule has 0 heterocycles. The lowest BCUT2D eigenvalue weighted by Gasteiger charge is -2.08. The maximum atomic E-state index is 11.9. The number of nitrogens with two attached hydrogens (primary N) is 2. The van der Waals surface area contributed by atoms with E-state index in [4.69, 9.17) is 23.1 Å². The van der Waals surface area contributed by atoms with Gasteiger partial charge in [-0.1, -0.05) is 23.7 Å². The minimum Gasteiger partial charge on any atom is -0.399 e. The highest BCUT2D eigenvalue weighted by atomic mass is 35.5. The van der Waals surface area contributed by atoms with Gasteiger partial charge in [0.05, 0.1) is 17.0 Å². The summed E-state index contributed by atoms with van der Waals surface area (Å²) >= 11 is 5.85. The second-order valence-corrected chi connectivity index (χ2v) is 4.93. The zero-order valence-electron chi connectivity index (χ0n) is 11.1. The molecule has 0 spiro atoms. The number of carbonyl (C=O) groups is 2. The van der Waals surface area contributed by atoms with Crippen molar-refractivity contribution in [2.75, 3.05) is 11.1 Å². The molecule has 0 aromatic heterocycles. The van der Waals surface area contributed by atoms with Crippen LogP contribution in [0.1, 0.15) is 15.9 Å². The molecule has 0 unspecified atom stereocenters. The summed E-state index contributed by atoms with van der Waals surface area (Å²) in [6.07, 6.45) is 0.203. The van der Waals surface area contributed by atoms with Crippen LogP contribution in [0.15, 0.2) is 42.5 Å². The van der Waals surface area contributed by atoms with Gasteiger partial charge in [-0.25, -0.2) is 0 Å². The summed E-state index contributed by atoms with van der Waals surface area (Å²) in [6.45, 7) is 0. The summed E-state index contributed by atoms with van der Waals surface area (Å²) in [7, 11) is 0. The molecular weight excluding hydrogens is 290 g/mol. The first-order valence-corrected chi connectivity index (χ1v) is 6.57. The normalized spacial score (nSPS) is 10.1. The van der Waals surface area contributed by atoms with E-state index in [1.54, 1.807) is 30.3 Å². The van der Waals surface area contributed by atoms with Crippen LogP contribution in [0.2, 0.25) is 5.02 Å². The van der Waals surface area contributed by atoms with Crippen LogP contribution in [-0.2, 0) is 11.2 Å². The number of primary amides is 1. The van der Waals surface area contributed by atoms with Crippen molar-refractivity contribution in [1.82, 2.24) is 0 Å². The first-order chi connectivity index (χ1) is 9.95. The van der Waals surface area contributed by atoms with Crippen molar-refractivity contribution in [3.8, 4) is 0 Å². The van der Waals surface area contributed by atoms with Crippen molar-refractivity contribution in [2.24, 2.45) is 5.73 Å². The van der Waals surface area contributed by atoms with Gasteiger partial charge in [0.1, 0.15) is 0 Å². The zero-order valence-corrected chi connectivity index (χ0v) is 11.9. The molecule has 0 saturated carbocycles. The third-order valence-electron chi connectivity index (χ3n) is 2.86. The van der Waals surface area contributed by atoms with Crippen molar-refractivity contribution in [3.63, 3.8) is 0 Å². The van der Waals surface area contributed by atoms with Crippen LogP contribution in [-0.4, -0.2) is 11.8 Å². The van der Waals surface area contributed by atoms with Crippen LogP contribution in [0.4, 0.5) is 11.4 Å². The molecule has 2 amide bonds. The molecule has 6 heteroatoms. The molecule has 21 heavy (non-hydrogen) atoms. The Kier molecular flexibility index (Phi) is 4.45. The van der Waals surface area contributed by atoms with Gasteiger partial charge in [0.15, 0.2) is 0 Å². The van der Waals surface area contributed by atoms with E-state index in [1.165, 1.54) is 12.1 Å². The van der Waals surface area contributed by atoms with E-state index in [-0.39, 0.29) is 22.9 Å². The Bertz CT molecular complexity index is 684. The minimum atomic E-state index is -0.644. The van der Waals surface area contributed by atoms with Gasteiger partial charge >= 0.3 is 0 Å². The Hall–Kier alpha value is -2.53. The van der Waals surface area contributed by atoms with Crippen LogP contribution in [0, 0.1) is 0 Å². The molecule has 0 bridgehead atoms. The van der Waals surface area contributed by atoms with Crippen LogP contribution < -0.4 is 16.8 Å². The smallest absolute Gasteiger partial charge is 0.250 e. The van der Waals surface area contributed by atoms with Crippen LogP contribution >= 0.6 is 11.6 Å². The quantitative estimate of drug-likeness (QED) is 0.755. The third kappa shape index (κ3) is 3.97. The number of rotatable bonds is 4. The Morgan fingerprint density at radius 3 is 2.38 bits per heavy atom. The Labute approximate surface area is 126 Å². The average Bonchev–Trinajstić information content (AvgIpc) is 2.43. The van der Waals surface area contributed by atoms with E-state index in [1.807, 2.05) is 0 Å². The van der Waals surface area contributed by atoms with Gasteiger partial charge in [-0.3, -0.25) is 9.59 Å². The summed E-state index contributed by atoms with van der Waals surface area (Å²) in [6, 6.07) is 11.6. The van der Waals surface area contributed by atoms with Crippen molar-refractivity contribution in [3.05, 3.63) is 58.6 Å². The predicted molar refractivity (Wildman–Crippen MR) is 83.2 cm³/mol. The number of nitrogen functional groups attached to an aromatic ring is 1. The first-order valence-electron chi connectivity index (χ1n) is 6.19. The molecule has 0 aliphatic carbocycles. The molecule has 5 N–H and O–H groups in total. The van der Waals surface area contributed by atoms with E-state index in [2.05, 4.69) is 5.32 Å². The summed E-state index contributed by atoms with van der Waals surface area (Å²) in [5.41, 5.74) is 12.9. The largest absolute Gasteiger partial charge is 0.399 e. The summed E-state index contributed by atoms with van der Waals surface area (Å²) < 4.78 is 0. The number of amides is 2. The fourth-order valence-corrected chi connectivity index (χ4v) is 2.03. The fraction of sp³-hybridized carbons (Fsp3) is 0.0667. The van der Waals surface area contributed by atoms with Crippen LogP contribution in [0.5, 0.6) is 0 Å². The van der Waals surface area contributed by atoms with E-state index in [0.29, 0.717) is 11.4 Å².